The Bertz CT molecular complexity index is 623. The fourth-order valence-corrected chi connectivity index (χ4v) is 1.90. The van der Waals surface area contributed by atoms with Crippen molar-refractivity contribution in [3.63, 3.8) is 0 Å². The van der Waals surface area contributed by atoms with Crippen LogP contribution in [0.1, 0.15) is 15.9 Å². The van der Waals surface area contributed by atoms with Crippen LogP contribution >= 0.6 is 0 Å². The number of nitrogens with one attached hydrogen (secondary N) is 1. The topological polar surface area (TPSA) is 47.6 Å². The van der Waals surface area contributed by atoms with Gasteiger partial charge in [0.05, 0.1) is 19.9 Å². The van der Waals surface area contributed by atoms with E-state index in [1.807, 2.05) is 25.1 Å². The Balaban J connectivity index is 2.24. The van der Waals surface area contributed by atoms with Gasteiger partial charge >= 0.3 is 0 Å². The number of hydrogen-bond donors (Lipinski definition) is 1. The van der Waals surface area contributed by atoms with Crippen molar-refractivity contribution in [3.8, 4) is 11.5 Å². The molecule has 1 amide bonds. The molecule has 0 saturated carbocycles. The van der Waals surface area contributed by atoms with E-state index in [1.54, 1.807) is 38.5 Å². The molecule has 2 rings (SSSR count). The van der Waals surface area contributed by atoms with Crippen LogP contribution in [-0.2, 0) is 0 Å². The molecule has 4 heteroatoms. The lowest BCUT2D eigenvalue weighted by molar-refractivity contribution is 0.102. The Labute approximate surface area is 118 Å². The molecule has 0 aliphatic heterocycles. The van der Waals surface area contributed by atoms with Gasteiger partial charge in [0.2, 0.25) is 0 Å². The summed E-state index contributed by atoms with van der Waals surface area (Å²) in [7, 11) is 3.16. The minimum absolute atomic E-state index is 0.201. The molecule has 0 fully saturated rings. The van der Waals surface area contributed by atoms with Crippen LogP contribution < -0.4 is 14.8 Å². The summed E-state index contributed by atoms with van der Waals surface area (Å²) >= 11 is 0. The van der Waals surface area contributed by atoms with Crippen molar-refractivity contribution >= 4 is 11.6 Å². The predicted molar refractivity (Wildman–Crippen MR) is 78.7 cm³/mol. The third kappa shape index (κ3) is 2.91. The van der Waals surface area contributed by atoms with Gasteiger partial charge in [-0.25, -0.2) is 0 Å². The van der Waals surface area contributed by atoms with E-state index in [-0.39, 0.29) is 5.91 Å². The Morgan fingerprint density at radius 3 is 2.40 bits per heavy atom. The largest absolute Gasteiger partial charge is 0.496 e. The van der Waals surface area contributed by atoms with Gasteiger partial charge in [0.15, 0.2) is 0 Å². The van der Waals surface area contributed by atoms with Crippen molar-refractivity contribution in [2.45, 2.75) is 6.92 Å². The summed E-state index contributed by atoms with van der Waals surface area (Å²) in [4.78, 5) is 12.2. The number of anilines is 1. The molecule has 0 aromatic heterocycles. The standard InChI is InChI=1S/C16H17NO3/c1-11-8-9-12(10-15(11)20-3)16(18)17-13-6-4-5-7-14(13)19-2/h4-10H,1-3H3,(H,17,18). The van der Waals surface area contributed by atoms with Crippen LogP contribution in [0.4, 0.5) is 5.69 Å². The number of amides is 1. The van der Waals surface area contributed by atoms with Crippen molar-refractivity contribution in [2.75, 3.05) is 19.5 Å². The lowest BCUT2D eigenvalue weighted by Gasteiger charge is -2.11. The van der Waals surface area contributed by atoms with Gasteiger partial charge in [0.1, 0.15) is 11.5 Å². The van der Waals surface area contributed by atoms with Gasteiger partial charge in [-0.1, -0.05) is 18.2 Å². The van der Waals surface area contributed by atoms with E-state index in [1.165, 1.54) is 0 Å². The van der Waals surface area contributed by atoms with Crippen LogP contribution in [0, 0.1) is 6.92 Å². The smallest absolute Gasteiger partial charge is 0.255 e. The molecular formula is C16H17NO3. The second-order valence-electron chi connectivity index (χ2n) is 4.34. The lowest BCUT2D eigenvalue weighted by Crippen LogP contribution is -2.12. The zero-order valence-corrected chi connectivity index (χ0v) is 11.8. The van der Waals surface area contributed by atoms with Crippen LogP contribution in [0.25, 0.3) is 0 Å². The average molecular weight is 271 g/mol. The molecule has 1 N–H and O–H groups in total. The van der Waals surface area contributed by atoms with E-state index < -0.39 is 0 Å². The first kappa shape index (κ1) is 13.9. The van der Waals surface area contributed by atoms with Crippen LogP contribution in [0.5, 0.6) is 11.5 Å². The van der Waals surface area contributed by atoms with Crippen LogP contribution in [0.2, 0.25) is 0 Å². The fourth-order valence-electron chi connectivity index (χ4n) is 1.90. The molecule has 0 saturated heterocycles. The third-order valence-electron chi connectivity index (χ3n) is 3.03. The number of carbonyl (C=O) groups excluding carboxylic acids is 1. The van der Waals surface area contributed by atoms with Crippen LogP contribution in [0.3, 0.4) is 0 Å². The number of hydrogen-bond acceptors (Lipinski definition) is 3. The maximum absolute atomic E-state index is 12.2. The molecule has 0 radical (unpaired) electrons. The van der Waals surface area contributed by atoms with E-state index >= 15 is 0 Å². The summed E-state index contributed by atoms with van der Waals surface area (Å²) in [5.41, 5.74) is 2.17. The van der Waals surface area contributed by atoms with Gasteiger partial charge in [-0.15, -0.1) is 0 Å². The van der Waals surface area contributed by atoms with Crippen molar-refractivity contribution < 1.29 is 14.3 Å². The molecule has 104 valence electrons. The number of ether oxygens (including phenoxy) is 2. The fraction of sp³-hybridized carbons (Fsp3) is 0.188. The highest BCUT2D eigenvalue weighted by Gasteiger charge is 2.11. The second kappa shape index (κ2) is 6.10. The minimum Gasteiger partial charge on any atom is -0.496 e. The Morgan fingerprint density at radius 2 is 1.70 bits per heavy atom. The molecule has 0 bridgehead atoms. The maximum atomic E-state index is 12.2. The normalized spacial score (nSPS) is 9.95. The molecule has 0 heterocycles. The van der Waals surface area contributed by atoms with E-state index in [0.717, 1.165) is 5.56 Å². The zero-order chi connectivity index (χ0) is 14.5. The SMILES string of the molecule is COc1cc(C(=O)Nc2ccccc2OC)ccc1C. The van der Waals surface area contributed by atoms with E-state index in [9.17, 15) is 4.79 Å². The Kier molecular flexibility index (Phi) is 4.25. The summed E-state index contributed by atoms with van der Waals surface area (Å²) in [5.74, 6) is 1.12. The molecule has 0 spiro atoms. The molecule has 0 unspecified atom stereocenters. The van der Waals surface area contributed by atoms with Crippen molar-refractivity contribution in [3.05, 3.63) is 53.6 Å². The average Bonchev–Trinajstić information content (AvgIpc) is 2.48. The van der Waals surface area contributed by atoms with Crippen molar-refractivity contribution in [2.24, 2.45) is 0 Å². The molecule has 20 heavy (non-hydrogen) atoms. The lowest BCUT2D eigenvalue weighted by atomic mass is 10.1. The van der Waals surface area contributed by atoms with Crippen molar-refractivity contribution in [1.82, 2.24) is 0 Å². The number of para-hydroxylation sites is 2. The first-order valence-electron chi connectivity index (χ1n) is 6.24. The van der Waals surface area contributed by atoms with Gasteiger partial charge in [0.25, 0.3) is 5.91 Å². The molecule has 0 aliphatic rings. The summed E-state index contributed by atoms with van der Waals surface area (Å²) in [6.07, 6.45) is 0. The molecule has 0 atom stereocenters. The number of benzene rings is 2. The van der Waals surface area contributed by atoms with Crippen LogP contribution in [0.15, 0.2) is 42.5 Å². The quantitative estimate of drug-likeness (QED) is 0.928. The monoisotopic (exact) mass is 271 g/mol. The van der Waals surface area contributed by atoms with Gasteiger partial charge in [0, 0.05) is 5.56 Å². The van der Waals surface area contributed by atoms with Gasteiger partial charge in [-0.3, -0.25) is 4.79 Å². The van der Waals surface area contributed by atoms with Crippen LogP contribution in [-0.4, -0.2) is 20.1 Å². The summed E-state index contributed by atoms with van der Waals surface area (Å²) < 4.78 is 10.4. The second-order valence-corrected chi connectivity index (χ2v) is 4.34. The molecule has 4 nitrogen and oxygen atoms in total. The van der Waals surface area contributed by atoms with Gasteiger partial charge < -0.3 is 14.8 Å². The number of rotatable bonds is 4. The highest BCUT2D eigenvalue weighted by molar-refractivity contribution is 6.05. The molecule has 0 aliphatic carbocycles. The number of aryl methyl sites for hydroxylation is 1. The zero-order valence-electron chi connectivity index (χ0n) is 11.8. The van der Waals surface area contributed by atoms with Crippen molar-refractivity contribution in [1.29, 1.82) is 0 Å². The van der Waals surface area contributed by atoms with E-state index in [4.69, 9.17) is 9.47 Å². The third-order valence-corrected chi connectivity index (χ3v) is 3.03. The van der Waals surface area contributed by atoms with Gasteiger partial charge in [-0.2, -0.15) is 0 Å². The highest BCUT2D eigenvalue weighted by Crippen LogP contribution is 2.25. The highest BCUT2D eigenvalue weighted by atomic mass is 16.5. The molecule has 2 aromatic rings. The first-order valence-corrected chi connectivity index (χ1v) is 6.24. The van der Waals surface area contributed by atoms with E-state index in [2.05, 4.69) is 5.32 Å². The Morgan fingerprint density at radius 1 is 1.00 bits per heavy atom. The summed E-state index contributed by atoms with van der Waals surface area (Å²) in [6.45, 7) is 1.93. The molecular weight excluding hydrogens is 254 g/mol. The Hall–Kier alpha value is -2.49. The summed E-state index contributed by atoms with van der Waals surface area (Å²) in [6, 6.07) is 12.6. The summed E-state index contributed by atoms with van der Waals surface area (Å²) in [5, 5.41) is 2.83. The number of methoxy groups -OCH3 is 2. The van der Waals surface area contributed by atoms with Gasteiger partial charge in [-0.05, 0) is 36.8 Å². The molecule has 2 aromatic carbocycles. The first-order chi connectivity index (χ1) is 9.65. The minimum atomic E-state index is -0.201. The number of carbonyl (C=O) groups is 1. The maximum Gasteiger partial charge on any atom is 0.255 e. The van der Waals surface area contributed by atoms with E-state index in [0.29, 0.717) is 22.7 Å². The predicted octanol–water partition coefficient (Wildman–Crippen LogP) is 3.26.